The first kappa shape index (κ1) is 22.4. The van der Waals surface area contributed by atoms with Crippen LogP contribution in [0.4, 0.5) is 0 Å². The van der Waals surface area contributed by atoms with E-state index in [0.717, 1.165) is 31.1 Å². The number of hydroxylamine groups is 2. The van der Waals surface area contributed by atoms with E-state index < -0.39 is 11.5 Å². The normalized spacial score (nSPS) is 20.8. The fourth-order valence-corrected chi connectivity index (χ4v) is 4.84. The van der Waals surface area contributed by atoms with Gasteiger partial charge in [0.25, 0.3) is 0 Å². The Balaban J connectivity index is 1.48. The van der Waals surface area contributed by atoms with E-state index in [9.17, 15) is 9.59 Å². The zero-order valence-corrected chi connectivity index (χ0v) is 18.6. The molecule has 0 aromatic carbocycles. The molecule has 4 heterocycles. The lowest BCUT2D eigenvalue weighted by atomic mass is 9.77. The third-order valence-corrected chi connectivity index (χ3v) is 6.49. The number of methoxy groups -OCH3 is 2. The van der Waals surface area contributed by atoms with Crippen molar-refractivity contribution in [3.8, 4) is 5.82 Å². The Bertz CT molecular complexity index is 923. The van der Waals surface area contributed by atoms with Crippen LogP contribution in [0, 0.1) is 5.92 Å². The molecule has 2 fully saturated rings. The van der Waals surface area contributed by atoms with Gasteiger partial charge in [-0.3, -0.25) is 19.3 Å². The van der Waals surface area contributed by atoms with Gasteiger partial charge < -0.3 is 14.0 Å². The van der Waals surface area contributed by atoms with Crippen molar-refractivity contribution in [2.45, 2.75) is 31.3 Å². The standard InChI is InChI=1S/C23H30N4O5/c1-30-14-15-32-27-21(28)16-19(22(29)31-2)23(27)8-12-25(13-9-23)17-18-6-5-11-26(18)20-7-3-4-10-24-20/h3-7,10-11,19H,8-9,12-17H2,1-2H3/t19-/m1/s1. The van der Waals surface area contributed by atoms with E-state index >= 15 is 0 Å². The first-order chi connectivity index (χ1) is 15.6. The first-order valence-electron chi connectivity index (χ1n) is 10.9. The van der Waals surface area contributed by atoms with Crippen LogP contribution in [-0.4, -0.2) is 77.5 Å². The van der Waals surface area contributed by atoms with Gasteiger partial charge in [-0.15, -0.1) is 0 Å². The van der Waals surface area contributed by atoms with Crippen LogP contribution in [0.15, 0.2) is 42.7 Å². The highest BCUT2D eigenvalue weighted by Gasteiger charge is 2.58. The molecule has 0 N–H and O–H groups in total. The van der Waals surface area contributed by atoms with Crippen LogP contribution in [0.5, 0.6) is 0 Å². The second-order valence-corrected chi connectivity index (χ2v) is 8.23. The van der Waals surface area contributed by atoms with Crippen molar-refractivity contribution in [2.24, 2.45) is 5.92 Å². The molecule has 2 aromatic heterocycles. The van der Waals surface area contributed by atoms with Gasteiger partial charge in [0, 0.05) is 51.3 Å². The van der Waals surface area contributed by atoms with Gasteiger partial charge >= 0.3 is 5.97 Å². The summed E-state index contributed by atoms with van der Waals surface area (Å²) in [6.07, 6.45) is 5.18. The smallest absolute Gasteiger partial charge is 0.311 e. The molecule has 0 bridgehead atoms. The summed E-state index contributed by atoms with van der Waals surface area (Å²) in [5.74, 6) is -0.171. The number of amides is 1. The van der Waals surface area contributed by atoms with Crippen LogP contribution in [0.2, 0.25) is 0 Å². The van der Waals surface area contributed by atoms with E-state index in [4.69, 9.17) is 14.3 Å². The third-order valence-electron chi connectivity index (χ3n) is 6.49. The molecule has 32 heavy (non-hydrogen) atoms. The minimum atomic E-state index is -0.683. The summed E-state index contributed by atoms with van der Waals surface area (Å²) >= 11 is 0. The SMILES string of the molecule is COCCON1C(=O)C[C@H](C(=O)OC)C12CCN(Cc1cccn1-c1ccccn1)CC2. The fraction of sp³-hybridized carbons (Fsp3) is 0.522. The average molecular weight is 443 g/mol. The topological polar surface area (TPSA) is 86.1 Å². The average Bonchev–Trinajstić information content (AvgIpc) is 3.39. The Labute approximate surface area is 187 Å². The Morgan fingerprint density at radius 3 is 2.66 bits per heavy atom. The van der Waals surface area contributed by atoms with Crippen LogP contribution in [-0.2, 0) is 30.4 Å². The van der Waals surface area contributed by atoms with E-state index in [1.165, 1.54) is 12.2 Å². The number of piperidine rings is 1. The van der Waals surface area contributed by atoms with Crippen molar-refractivity contribution < 1.29 is 23.9 Å². The molecular weight excluding hydrogens is 412 g/mol. The number of likely N-dealkylation sites (tertiary alicyclic amines) is 1. The number of esters is 1. The molecule has 2 saturated heterocycles. The highest BCUT2D eigenvalue weighted by Crippen LogP contribution is 2.44. The predicted molar refractivity (Wildman–Crippen MR) is 116 cm³/mol. The maximum Gasteiger partial charge on any atom is 0.311 e. The van der Waals surface area contributed by atoms with Gasteiger partial charge in [-0.25, -0.2) is 10.0 Å². The summed E-state index contributed by atoms with van der Waals surface area (Å²) in [5, 5.41) is 1.45. The number of aromatic nitrogens is 2. The summed E-state index contributed by atoms with van der Waals surface area (Å²) in [6, 6.07) is 9.96. The van der Waals surface area contributed by atoms with Crippen LogP contribution in [0.25, 0.3) is 5.82 Å². The first-order valence-corrected chi connectivity index (χ1v) is 10.9. The van der Waals surface area contributed by atoms with E-state index in [1.807, 2.05) is 30.5 Å². The van der Waals surface area contributed by atoms with Gasteiger partial charge in [-0.2, -0.15) is 0 Å². The van der Waals surface area contributed by atoms with Crippen molar-refractivity contribution in [2.75, 3.05) is 40.5 Å². The van der Waals surface area contributed by atoms with Crippen LogP contribution in [0.1, 0.15) is 25.0 Å². The molecule has 172 valence electrons. The molecule has 2 aliphatic rings. The quantitative estimate of drug-likeness (QED) is 0.455. The summed E-state index contributed by atoms with van der Waals surface area (Å²) in [4.78, 5) is 37.9. The monoisotopic (exact) mass is 442 g/mol. The van der Waals surface area contributed by atoms with Gasteiger partial charge in [-0.1, -0.05) is 6.07 Å². The number of carbonyl (C=O) groups excluding carboxylic acids is 2. The van der Waals surface area contributed by atoms with E-state index in [2.05, 4.69) is 20.5 Å². The predicted octanol–water partition coefficient (Wildman–Crippen LogP) is 1.81. The van der Waals surface area contributed by atoms with Gasteiger partial charge in [-0.05, 0) is 37.1 Å². The van der Waals surface area contributed by atoms with E-state index in [1.54, 1.807) is 13.3 Å². The molecule has 1 amide bonds. The highest BCUT2D eigenvalue weighted by molar-refractivity contribution is 5.88. The minimum absolute atomic E-state index is 0.113. The molecule has 4 rings (SSSR count). The lowest BCUT2D eigenvalue weighted by molar-refractivity contribution is -0.227. The van der Waals surface area contributed by atoms with Crippen molar-refractivity contribution in [3.05, 3.63) is 48.4 Å². The van der Waals surface area contributed by atoms with Gasteiger partial charge in [0.15, 0.2) is 0 Å². The van der Waals surface area contributed by atoms with E-state index in [-0.39, 0.29) is 24.9 Å². The number of hydrogen-bond donors (Lipinski definition) is 0. The van der Waals surface area contributed by atoms with Crippen LogP contribution >= 0.6 is 0 Å². The number of rotatable bonds is 8. The largest absolute Gasteiger partial charge is 0.469 e. The zero-order chi connectivity index (χ0) is 22.6. The van der Waals surface area contributed by atoms with Crippen molar-refractivity contribution in [1.82, 2.24) is 19.5 Å². The molecule has 2 aromatic rings. The fourth-order valence-electron chi connectivity index (χ4n) is 4.84. The van der Waals surface area contributed by atoms with Crippen molar-refractivity contribution >= 4 is 11.9 Å². The number of hydrogen-bond acceptors (Lipinski definition) is 7. The molecule has 0 saturated carbocycles. The van der Waals surface area contributed by atoms with Gasteiger partial charge in [0.2, 0.25) is 5.91 Å². The summed E-state index contributed by atoms with van der Waals surface area (Å²) < 4.78 is 12.2. The second-order valence-electron chi connectivity index (χ2n) is 8.23. The molecule has 0 unspecified atom stereocenters. The summed E-state index contributed by atoms with van der Waals surface area (Å²) in [6.45, 7) is 2.86. The van der Waals surface area contributed by atoms with Crippen LogP contribution < -0.4 is 0 Å². The Hall–Kier alpha value is -2.75. The van der Waals surface area contributed by atoms with Crippen LogP contribution in [0.3, 0.4) is 0 Å². The second kappa shape index (κ2) is 9.81. The molecule has 0 radical (unpaired) electrons. The highest BCUT2D eigenvalue weighted by atomic mass is 16.7. The molecular formula is C23H30N4O5. The number of nitrogens with zero attached hydrogens (tertiary/aromatic N) is 4. The van der Waals surface area contributed by atoms with Crippen molar-refractivity contribution in [3.63, 3.8) is 0 Å². The van der Waals surface area contributed by atoms with Gasteiger partial charge in [0.05, 0.1) is 31.8 Å². The Morgan fingerprint density at radius 1 is 1.16 bits per heavy atom. The van der Waals surface area contributed by atoms with Gasteiger partial charge in [0.1, 0.15) is 5.82 Å². The lowest BCUT2D eigenvalue weighted by Crippen LogP contribution is -2.57. The molecule has 9 nitrogen and oxygen atoms in total. The number of ether oxygens (including phenoxy) is 2. The molecule has 0 aliphatic carbocycles. The lowest BCUT2D eigenvalue weighted by Gasteiger charge is -2.45. The van der Waals surface area contributed by atoms with E-state index in [0.29, 0.717) is 19.4 Å². The zero-order valence-electron chi connectivity index (χ0n) is 18.6. The summed E-state index contributed by atoms with van der Waals surface area (Å²) in [7, 11) is 2.96. The Morgan fingerprint density at radius 2 is 1.97 bits per heavy atom. The minimum Gasteiger partial charge on any atom is -0.469 e. The summed E-state index contributed by atoms with van der Waals surface area (Å²) in [5.41, 5.74) is 0.456. The third kappa shape index (κ3) is 4.28. The molecule has 2 aliphatic heterocycles. The number of carbonyl (C=O) groups is 2. The van der Waals surface area contributed by atoms with Crippen molar-refractivity contribution in [1.29, 1.82) is 0 Å². The number of pyridine rings is 1. The Kier molecular flexibility index (Phi) is 6.88. The maximum atomic E-state index is 12.7. The molecule has 1 atom stereocenters. The molecule has 1 spiro atoms. The maximum absolute atomic E-state index is 12.7. The molecule has 9 heteroatoms.